The smallest absolute Gasteiger partial charge is 0.187 e. The van der Waals surface area contributed by atoms with Gasteiger partial charge < -0.3 is 11.1 Å². The number of hydrogen-bond acceptors (Lipinski definition) is 4. The van der Waals surface area contributed by atoms with E-state index in [0.717, 1.165) is 10.9 Å². The number of benzene rings is 1. The van der Waals surface area contributed by atoms with Crippen LogP contribution in [-0.4, -0.2) is 4.98 Å². The first-order valence-corrected chi connectivity index (χ1v) is 5.37. The van der Waals surface area contributed by atoms with Crippen molar-refractivity contribution in [3.63, 3.8) is 0 Å². The van der Waals surface area contributed by atoms with Crippen LogP contribution in [0, 0.1) is 11.6 Å². The molecule has 0 bridgehead atoms. The molecule has 0 spiro atoms. The van der Waals surface area contributed by atoms with Gasteiger partial charge in [-0.15, -0.1) is 11.3 Å². The second kappa shape index (κ2) is 4.54. The van der Waals surface area contributed by atoms with Crippen LogP contribution < -0.4 is 11.1 Å². The number of nitrogens with zero attached hydrogens (tertiary/aromatic N) is 1. The third-order valence-electron chi connectivity index (χ3n) is 1.93. The third-order valence-corrected chi connectivity index (χ3v) is 2.86. The molecule has 6 heteroatoms. The van der Waals surface area contributed by atoms with Gasteiger partial charge in [0.2, 0.25) is 0 Å². The minimum absolute atomic E-state index is 0.194. The Bertz CT molecular complexity index is 499. The van der Waals surface area contributed by atoms with Gasteiger partial charge in [-0.1, -0.05) is 0 Å². The Balaban J connectivity index is 2.20. The molecule has 16 heavy (non-hydrogen) atoms. The minimum atomic E-state index is -0.649. The number of thiazole rings is 1. The number of halogens is 2. The first kappa shape index (κ1) is 11.0. The topological polar surface area (TPSA) is 50.9 Å². The molecule has 0 aliphatic carbocycles. The highest BCUT2D eigenvalue weighted by atomic mass is 32.1. The molecule has 0 amide bonds. The average Bonchev–Trinajstić information content (AvgIpc) is 2.70. The normalized spacial score (nSPS) is 10.4. The Morgan fingerprint density at radius 3 is 2.81 bits per heavy atom. The first-order valence-electron chi connectivity index (χ1n) is 4.56. The van der Waals surface area contributed by atoms with Crippen LogP contribution in [0.4, 0.5) is 19.6 Å². The summed E-state index contributed by atoms with van der Waals surface area (Å²) in [6.45, 7) is 0.394. The second-order valence-corrected chi connectivity index (χ2v) is 4.20. The van der Waals surface area contributed by atoms with Gasteiger partial charge in [0.1, 0.15) is 11.6 Å². The molecule has 84 valence electrons. The van der Waals surface area contributed by atoms with Gasteiger partial charge in [0.05, 0.1) is 5.69 Å². The van der Waals surface area contributed by atoms with E-state index in [2.05, 4.69) is 10.3 Å². The summed E-state index contributed by atoms with van der Waals surface area (Å²) in [4.78, 5) is 4.91. The number of hydrogen-bond donors (Lipinski definition) is 2. The molecule has 1 aromatic heterocycles. The zero-order valence-electron chi connectivity index (χ0n) is 8.21. The summed E-state index contributed by atoms with van der Waals surface area (Å²) in [5.74, 6) is -1.26. The molecule has 3 nitrogen and oxygen atoms in total. The number of nitrogens with two attached hydrogens (primary N) is 1. The van der Waals surface area contributed by atoms with E-state index in [1.54, 1.807) is 6.20 Å². The SMILES string of the molecule is NCc1cnc(Nc2ccc(F)cc2F)s1. The Labute approximate surface area is 94.9 Å². The van der Waals surface area contributed by atoms with E-state index in [-0.39, 0.29) is 5.69 Å². The maximum Gasteiger partial charge on any atom is 0.187 e. The van der Waals surface area contributed by atoms with Gasteiger partial charge in [-0.3, -0.25) is 0 Å². The molecule has 0 atom stereocenters. The molecule has 0 aliphatic rings. The van der Waals surface area contributed by atoms with Crippen LogP contribution in [0.25, 0.3) is 0 Å². The Morgan fingerprint density at radius 2 is 2.19 bits per heavy atom. The Kier molecular flexibility index (Phi) is 3.12. The lowest BCUT2D eigenvalue weighted by molar-refractivity contribution is 0.586. The zero-order valence-corrected chi connectivity index (χ0v) is 9.02. The van der Waals surface area contributed by atoms with E-state index in [1.807, 2.05) is 0 Å². The maximum absolute atomic E-state index is 13.3. The minimum Gasteiger partial charge on any atom is -0.329 e. The van der Waals surface area contributed by atoms with Gasteiger partial charge in [-0.05, 0) is 12.1 Å². The van der Waals surface area contributed by atoms with Crippen LogP contribution >= 0.6 is 11.3 Å². The van der Waals surface area contributed by atoms with Crippen molar-refractivity contribution in [2.45, 2.75) is 6.54 Å². The van der Waals surface area contributed by atoms with Crippen molar-refractivity contribution in [2.24, 2.45) is 5.73 Å². The van der Waals surface area contributed by atoms with Gasteiger partial charge in [-0.2, -0.15) is 0 Å². The molecule has 0 saturated heterocycles. The predicted molar refractivity (Wildman–Crippen MR) is 59.6 cm³/mol. The summed E-state index contributed by atoms with van der Waals surface area (Å²) in [5, 5.41) is 3.30. The summed E-state index contributed by atoms with van der Waals surface area (Å²) in [6.07, 6.45) is 1.62. The molecule has 0 aliphatic heterocycles. The van der Waals surface area contributed by atoms with Gasteiger partial charge in [-0.25, -0.2) is 13.8 Å². The second-order valence-electron chi connectivity index (χ2n) is 3.09. The summed E-state index contributed by atoms with van der Waals surface area (Å²) in [6, 6.07) is 3.33. The number of rotatable bonds is 3. The lowest BCUT2D eigenvalue weighted by Gasteiger charge is -2.03. The van der Waals surface area contributed by atoms with Crippen LogP contribution in [0.1, 0.15) is 4.88 Å². The van der Waals surface area contributed by atoms with E-state index in [0.29, 0.717) is 11.7 Å². The summed E-state index contributed by atoms with van der Waals surface area (Å²) < 4.78 is 25.9. The fraction of sp³-hybridized carbons (Fsp3) is 0.100. The van der Waals surface area contributed by atoms with Crippen LogP contribution in [0.5, 0.6) is 0 Å². The van der Waals surface area contributed by atoms with E-state index >= 15 is 0 Å². The highest BCUT2D eigenvalue weighted by Crippen LogP contribution is 2.24. The lowest BCUT2D eigenvalue weighted by Crippen LogP contribution is -1.93. The Morgan fingerprint density at radius 1 is 1.38 bits per heavy atom. The number of nitrogens with one attached hydrogen (secondary N) is 1. The monoisotopic (exact) mass is 241 g/mol. The molecule has 2 aromatic rings. The standard InChI is InChI=1S/C10H9F2N3S/c11-6-1-2-9(8(12)3-6)15-10-14-5-7(4-13)16-10/h1-3,5H,4,13H2,(H,14,15). The van der Waals surface area contributed by atoms with Crippen LogP contribution in [0.15, 0.2) is 24.4 Å². The molecular formula is C10H9F2N3S. The van der Waals surface area contributed by atoms with E-state index in [9.17, 15) is 8.78 Å². The molecular weight excluding hydrogens is 232 g/mol. The van der Waals surface area contributed by atoms with Crippen molar-refractivity contribution >= 4 is 22.2 Å². The van der Waals surface area contributed by atoms with Crippen molar-refractivity contribution in [1.82, 2.24) is 4.98 Å². The van der Waals surface area contributed by atoms with Gasteiger partial charge in [0.15, 0.2) is 5.13 Å². The van der Waals surface area contributed by atoms with Gasteiger partial charge >= 0.3 is 0 Å². The largest absolute Gasteiger partial charge is 0.329 e. The average molecular weight is 241 g/mol. The van der Waals surface area contributed by atoms with Gasteiger partial charge in [0, 0.05) is 23.7 Å². The van der Waals surface area contributed by atoms with Gasteiger partial charge in [0.25, 0.3) is 0 Å². The zero-order chi connectivity index (χ0) is 11.5. The van der Waals surface area contributed by atoms with Crippen molar-refractivity contribution < 1.29 is 8.78 Å². The fourth-order valence-electron chi connectivity index (χ4n) is 1.17. The first-order chi connectivity index (χ1) is 7.69. The molecule has 0 fully saturated rings. The van der Waals surface area contributed by atoms with Crippen molar-refractivity contribution in [1.29, 1.82) is 0 Å². The van der Waals surface area contributed by atoms with Crippen molar-refractivity contribution in [3.8, 4) is 0 Å². The molecule has 3 N–H and O–H groups in total. The fourth-order valence-corrected chi connectivity index (χ4v) is 1.87. The van der Waals surface area contributed by atoms with Crippen molar-refractivity contribution in [2.75, 3.05) is 5.32 Å². The van der Waals surface area contributed by atoms with E-state index in [4.69, 9.17) is 5.73 Å². The van der Waals surface area contributed by atoms with Crippen LogP contribution in [0.2, 0.25) is 0 Å². The number of anilines is 2. The molecule has 0 unspecified atom stereocenters. The molecule has 1 aromatic carbocycles. The maximum atomic E-state index is 13.3. The molecule has 0 saturated carbocycles. The Hall–Kier alpha value is -1.53. The van der Waals surface area contributed by atoms with E-state index in [1.165, 1.54) is 23.5 Å². The molecule has 0 radical (unpaired) electrons. The highest BCUT2D eigenvalue weighted by Gasteiger charge is 2.06. The molecule has 2 rings (SSSR count). The van der Waals surface area contributed by atoms with Crippen molar-refractivity contribution in [3.05, 3.63) is 40.9 Å². The van der Waals surface area contributed by atoms with Crippen LogP contribution in [-0.2, 0) is 6.54 Å². The third kappa shape index (κ3) is 2.34. The summed E-state index contributed by atoms with van der Waals surface area (Å²) in [7, 11) is 0. The quantitative estimate of drug-likeness (QED) is 0.868. The summed E-state index contributed by atoms with van der Waals surface area (Å²) >= 11 is 1.33. The molecule has 1 heterocycles. The lowest BCUT2D eigenvalue weighted by atomic mass is 10.3. The predicted octanol–water partition coefficient (Wildman–Crippen LogP) is 2.62. The summed E-state index contributed by atoms with van der Waals surface area (Å²) in [5.41, 5.74) is 5.62. The van der Waals surface area contributed by atoms with Crippen LogP contribution in [0.3, 0.4) is 0 Å². The highest BCUT2D eigenvalue weighted by molar-refractivity contribution is 7.15. The van der Waals surface area contributed by atoms with E-state index < -0.39 is 11.6 Å². The number of aromatic nitrogens is 1.